The van der Waals surface area contributed by atoms with Crippen LogP contribution in [0.3, 0.4) is 0 Å². The number of hydrogen-bond donors (Lipinski definition) is 1. The third kappa shape index (κ3) is 6.20. The Hall–Kier alpha value is -2.70. The van der Waals surface area contributed by atoms with Crippen LogP contribution in [0.4, 0.5) is 0 Å². The zero-order valence-electron chi connectivity index (χ0n) is 15.7. The lowest BCUT2D eigenvalue weighted by molar-refractivity contribution is -0.122. The number of hydrazone groups is 1. The number of amides is 1. The summed E-state index contributed by atoms with van der Waals surface area (Å²) in [4.78, 5) is 16.7. The molecule has 1 aliphatic rings. The van der Waals surface area contributed by atoms with Crippen molar-refractivity contribution in [2.24, 2.45) is 5.10 Å². The van der Waals surface area contributed by atoms with Gasteiger partial charge in [-0.3, -0.25) is 14.6 Å². The highest BCUT2D eigenvalue weighted by Crippen LogP contribution is 2.11. The van der Waals surface area contributed by atoms with Crippen LogP contribution in [-0.4, -0.2) is 61.8 Å². The first kappa shape index (κ1) is 19.1. The maximum absolute atomic E-state index is 12.1. The average molecular weight is 366 g/mol. The van der Waals surface area contributed by atoms with E-state index in [9.17, 15) is 4.79 Å². The van der Waals surface area contributed by atoms with Gasteiger partial charge in [-0.05, 0) is 23.3 Å². The average Bonchev–Trinajstić information content (AvgIpc) is 2.70. The minimum absolute atomic E-state index is 0.0920. The lowest BCUT2D eigenvalue weighted by Crippen LogP contribution is -2.48. The molecule has 27 heavy (non-hydrogen) atoms. The Morgan fingerprint density at radius 1 is 1.07 bits per heavy atom. The Bertz CT molecular complexity index is 756. The number of hydrogen-bond acceptors (Lipinski definition) is 5. The number of nitrogens with one attached hydrogen (secondary N) is 1. The first-order valence-corrected chi connectivity index (χ1v) is 9.17. The molecule has 6 heteroatoms. The zero-order chi connectivity index (χ0) is 18.9. The van der Waals surface area contributed by atoms with E-state index in [1.165, 1.54) is 5.56 Å². The summed E-state index contributed by atoms with van der Waals surface area (Å²) in [6, 6.07) is 18.0. The summed E-state index contributed by atoms with van der Waals surface area (Å²) in [5, 5.41) is 4.04. The van der Waals surface area contributed by atoms with Gasteiger partial charge in [-0.1, -0.05) is 42.5 Å². The SMILES string of the molecule is COc1cccc(C=NNC(=O)CN2CCN(Cc3ccccc3)CC2)c1. The van der Waals surface area contributed by atoms with E-state index in [4.69, 9.17) is 4.74 Å². The van der Waals surface area contributed by atoms with Gasteiger partial charge >= 0.3 is 0 Å². The molecule has 3 rings (SSSR count). The summed E-state index contributed by atoms with van der Waals surface area (Å²) in [5.74, 6) is 0.671. The van der Waals surface area contributed by atoms with E-state index in [0.717, 1.165) is 44.0 Å². The van der Waals surface area contributed by atoms with E-state index < -0.39 is 0 Å². The van der Waals surface area contributed by atoms with Gasteiger partial charge < -0.3 is 4.74 Å². The number of benzene rings is 2. The first-order valence-electron chi connectivity index (χ1n) is 9.17. The largest absolute Gasteiger partial charge is 0.497 e. The molecular formula is C21H26N4O2. The molecule has 2 aromatic rings. The van der Waals surface area contributed by atoms with E-state index in [0.29, 0.717) is 6.54 Å². The Labute approximate surface area is 160 Å². The number of ether oxygens (including phenoxy) is 1. The van der Waals surface area contributed by atoms with Crippen molar-refractivity contribution < 1.29 is 9.53 Å². The van der Waals surface area contributed by atoms with Crippen LogP contribution in [0.25, 0.3) is 0 Å². The molecule has 1 heterocycles. The van der Waals surface area contributed by atoms with E-state index in [1.807, 2.05) is 30.3 Å². The molecule has 0 bridgehead atoms. The Morgan fingerprint density at radius 3 is 2.56 bits per heavy atom. The van der Waals surface area contributed by atoms with Gasteiger partial charge in [0.05, 0.1) is 19.9 Å². The molecule has 6 nitrogen and oxygen atoms in total. The second-order valence-corrected chi connectivity index (χ2v) is 6.61. The summed E-state index contributed by atoms with van der Waals surface area (Å²) < 4.78 is 5.17. The highest BCUT2D eigenvalue weighted by molar-refractivity contribution is 5.83. The number of carbonyl (C=O) groups excluding carboxylic acids is 1. The lowest BCUT2D eigenvalue weighted by atomic mass is 10.2. The van der Waals surface area contributed by atoms with Gasteiger partial charge in [0.25, 0.3) is 5.91 Å². The molecule has 1 aliphatic heterocycles. The van der Waals surface area contributed by atoms with Crippen LogP contribution in [0.2, 0.25) is 0 Å². The van der Waals surface area contributed by atoms with Crippen molar-refractivity contribution >= 4 is 12.1 Å². The Morgan fingerprint density at radius 2 is 1.81 bits per heavy atom. The maximum Gasteiger partial charge on any atom is 0.254 e. The van der Waals surface area contributed by atoms with Gasteiger partial charge in [0, 0.05) is 32.7 Å². The molecule has 1 amide bonds. The minimum Gasteiger partial charge on any atom is -0.497 e. The van der Waals surface area contributed by atoms with E-state index in [1.54, 1.807) is 13.3 Å². The molecule has 1 N–H and O–H groups in total. The molecule has 142 valence electrons. The zero-order valence-corrected chi connectivity index (χ0v) is 15.7. The van der Waals surface area contributed by atoms with Crippen molar-refractivity contribution in [1.29, 1.82) is 0 Å². The molecule has 2 aromatic carbocycles. The van der Waals surface area contributed by atoms with Crippen molar-refractivity contribution in [3.63, 3.8) is 0 Å². The molecule has 1 fully saturated rings. The third-order valence-corrected chi connectivity index (χ3v) is 4.58. The summed E-state index contributed by atoms with van der Waals surface area (Å²) >= 11 is 0. The molecule has 1 saturated heterocycles. The van der Waals surface area contributed by atoms with Gasteiger partial charge in [0.2, 0.25) is 0 Å². The second-order valence-electron chi connectivity index (χ2n) is 6.61. The van der Waals surface area contributed by atoms with Crippen LogP contribution in [0.1, 0.15) is 11.1 Å². The number of nitrogens with zero attached hydrogens (tertiary/aromatic N) is 3. The predicted octanol–water partition coefficient (Wildman–Crippen LogP) is 1.96. The van der Waals surface area contributed by atoms with Gasteiger partial charge in [0.15, 0.2) is 0 Å². The fourth-order valence-corrected chi connectivity index (χ4v) is 3.09. The van der Waals surface area contributed by atoms with E-state index in [2.05, 4.69) is 44.6 Å². The first-order chi connectivity index (χ1) is 13.2. The molecule has 0 spiro atoms. The van der Waals surface area contributed by atoms with Crippen LogP contribution >= 0.6 is 0 Å². The Balaban J connectivity index is 1.38. The Kier molecular flexibility index (Phi) is 6.96. The number of carbonyl (C=O) groups is 1. The van der Waals surface area contributed by atoms with Crippen molar-refractivity contribution in [2.45, 2.75) is 6.54 Å². The van der Waals surface area contributed by atoms with Gasteiger partial charge in [-0.2, -0.15) is 5.10 Å². The van der Waals surface area contributed by atoms with Crippen molar-refractivity contribution in [3.05, 3.63) is 65.7 Å². The topological polar surface area (TPSA) is 57.2 Å². The molecule has 0 aromatic heterocycles. The second kappa shape index (κ2) is 9.85. The van der Waals surface area contributed by atoms with Crippen LogP contribution in [0.5, 0.6) is 5.75 Å². The highest BCUT2D eigenvalue weighted by atomic mass is 16.5. The summed E-state index contributed by atoms with van der Waals surface area (Å²) in [6.07, 6.45) is 1.62. The number of methoxy groups -OCH3 is 1. The maximum atomic E-state index is 12.1. The quantitative estimate of drug-likeness (QED) is 0.601. The van der Waals surface area contributed by atoms with Gasteiger partial charge in [0.1, 0.15) is 5.75 Å². The smallest absolute Gasteiger partial charge is 0.254 e. The normalized spacial score (nSPS) is 15.7. The molecule has 0 saturated carbocycles. The van der Waals surface area contributed by atoms with E-state index in [-0.39, 0.29) is 5.91 Å². The van der Waals surface area contributed by atoms with E-state index >= 15 is 0 Å². The standard InChI is InChI=1S/C21H26N4O2/c1-27-20-9-5-8-19(14-20)15-22-23-21(26)17-25-12-10-24(11-13-25)16-18-6-3-2-4-7-18/h2-9,14-15H,10-13,16-17H2,1H3,(H,23,26). The molecule has 0 aliphatic carbocycles. The summed E-state index contributed by atoms with van der Waals surface area (Å²) in [7, 11) is 1.62. The van der Waals surface area contributed by atoms with Crippen LogP contribution in [0, 0.1) is 0 Å². The monoisotopic (exact) mass is 366 g/mol. The van der Waals surface area contributed by atoms with Crippen molar-refractivity contribution in [3.8, 4) is 5.75 Å². The van der Waals surface area contributed by atoms with Crippen LogP contribution in [-0.2, 0) is 11.3 Å². The van der Waals surface area contributed by atoms with Crippen LogP contribution < -0.4 is 10.2 Å². The van der Waals surface area contributed by atoms with Gasteiger partial charge in [-0.15, -0.1) is 0 Å². The highest BCUT2D eigenvalue weighted by Gasteiger charge is 2.18. The van der Waals surface area contributed by atoms with Crippen molar-refractivity contribution in [1.82, 2.24) is 15.2 Å². The fourth-order valence-electron chi connectivity index (χ4n) is 3.09. The molecular weight excluding hydrogens is 340 g/mol. The predicted molar refractivity (Wildman–Crippen MR) is 107 cm³/mol. The summed E-state index contributed by atoms with van der Waals surface area (Å²) in [5.41, 5.74) is 4.81. The summed E-state index contributed by atoms with van der Waals surface area (Å²) in [6.45, 7) is 5.05. The van der Waals surface area contributed by atoms with Crippen LogP contribution in [0.15, 0.2) is 59.7 Å². The minimum atomic E-state index is -0.0920. The van der Waals surface area contributed by atoms with Crippen molar-refractivity contribution in [2.75, 3.05) is 39.8 Å². The lowest BCUT2D eigenvalue weighted by Gasteiger charge is -2.34. The van der Waals surface area contributed by atoms with Gasteiger partial charge in [-0.25, -0.2) is 5.43 Å². The number of piperazine rings is 1. The fraction of sp³-hybridized carbons (Fsp3) is 0.333. The third-order valence-electron chi connectivity index (χ3n) is 4.58. The molecule has 0 radical (unpaired) electrons. The molecule has 0 atom stereocenters. The molecule has 0 unspecified atom stereocenters. The number of rotatable bonds is 7.